The number of aromatic carboxylic acids is 1. The number of morpholine rings is 1. The minimum Gasteiger partial charge on any atom is -0.478 e. The van der Waals surface area contributed by atoms with Gasteiger partial charge in [-0.2, -0.15) is 4.98 Å². The summed E-state index contributed by atoms with van der Waals surface area (Å²) in [7, 11) is 0. The van der Waals surface area contributed by atoms with Crippen molar-refractivity contribution in [3.8, 4) is 0 Å². The number of rotatable bonds is 5. The molecule has 7 heteroatoms. The van der Waals surface area contributed by atoms with Gasteiger partial charge in [0, 0.05) is 19.0 Å². The highest BCUT2D eigenvalue weighted by molar-refractivity contribution is 5.87. The summed E-state index contributed by atoms with van der Waals surface area (Å²) in [5, 5.41) is 13.1. The van der Waals surface area contributed by atoms with E-state index in [9.17, 15) is 4.79 Å². The Morgan fingerprint density at radius 1 is 1.32 bits per heavy atom. The molecule has 7 nitrogen and oxygen atoms in total. The minimum atomic E-state index is -0.914. The minimum absolute atomic E-state index is 0.0421. The van der Waals surface area contributed by atoms with Crippen molar-refractivity contribution in [2.75, 3.05) is 13.2 Å². The van der Waals surface area contributed by atoms with Gasteiger partial charge in [0.25, 0.3) is 0 Å². The molecule has 1 N–H and O–H groups in total. The van der Waals surface area contributed by atoms with Gasteiger partial charge in [0.05, 0.1) is 18.3 Å². The highest BCUT2D eigenvalue weighted by Gasteiger charge is 2.37. The number of benzene rings is 1. The van der Waals surface area contributed by atoms with Gasteiger partial charge in [-0.25, -0.2) is 4.79 Å². The maximum Gasteiger partial charge on any atom is 0.335 e. The van der Waals surface area contributed by atoms with Crippen LogP contribution in [0.4, 0.5) is 0 Å². The number of nitrogens with zero attached hydrogens (tertiary/aromatic N) is 3. The lowest BCUT2D eigenvalue weighted by Gasteiger charge is -2.37. The Balaban J connectivity index is 1.53. The predicted octanol–water partition coefficient (Wildman–Crippen LogP) is 2.61. The second-order valence-corrected chi connectivity index (χ2v) is 6.76. The fraction of sp³-hybridized carbons (Fsp3) is 0.500. The number of carboxylic acids is 1. The molecule has 2 fully saturated rings. The molecule has 1 saturated heterocycles. The average molecular weight is 343 g/mol. The number of hydrogen-bond acceptors (Lipinski definition) is 6. The van der Waals surface area contributed by atoms with Gasteiger partial charge in [-0.15, -0.1) is 0 Å². The van der Waals surface area contributed by atoms with E-state index >= 15 is 0 Å². The van der Waals surface area contributed by atoms with Gasteiger partial charge in [0.15, 0.2) is 5.82 Å². The van der Waals surface area contributed by atoms with Gasteiger partial charge < -0.3 is 14.4 Å². The zero-order chi connectivity index (χ0) is 17.4. The second kappa shape index (κ2) is 6.57. The Kier molecular flexibility index (Phi) is 4.27. The molecule has 2 heterocycles. The van der Waals surface area contributed by atoms with Crippen molar-refractivity contribution in [1.29, 1.82) is 0 Å². The van der Waals surface area contributed by atoms with E-state index in [-0.39, 0.29) is 12.1 Å². The second-order valence-electron chi connectivity index (χ2n) is 6.76. The fourth-order valence-electron chi connectivity index (χ4n) is 3.28. The molecule has 1 aromatic carbocycles. The number of aromatic nitrogens is 2. The Hall–Kier alpha value is -2.25. The van der Waals surface area contributed by atoms with Crippen LogP contribution in [0.25, 0.3) is 0 Å². The first-order valence-electron chi connectivity index (χ1n) is 8.63. The molecule has 1 aliphatic heterocycles. The average Bonchev–Trinajstić information content (AvgIpc) is 3.34. The van der Waals surface area contributed by atoms with E-state index in [1.165, 1.54) is 0 Å². The van der Waals surface area contributed by atoms with Crippen molar-refractivity contribution in [3.05, 3.63) is 47.1 Å². The van der Waals surface area contributed by atoms with Gasteiger partial charge in [-0.05, 0) is 37.5 Å². The highest BCUT2D eigenvalue weighted by Crippen LogP contribution is 2.39. The van der Waals surface area contributed by atoms with Crippen LogP contribution in [-0.2, 0) is 11.3 Å². The molecule has 0 unspecified atom stereocenters. The third-order valence-corrected chi connectivity index (χ3v) is 4.84. The zero-order valence-electron chi connectivity index (χ0n) is 14.1. The van der Waals surface area contributed by atoms with E-state index < -0.39 is 5.97 Å². The van der Waals surface area contributed by atoms with Crippen LogP contribution in [0.5, 0.6) is 0 Å². The molecule has 25 heavy (non-hydrogen) atoms. The van der Waals surface area contributed by atoms with Crippen LogP contribution in [0, 0.1) is 0 Å². The first-order valence-corrected chi connectivity index (χ1v) is 8.63. The molecule has 0 amide bonds. The highest BCUT2D eigenvalue weighted by atomic mass is 16.5. The smallest absolute Gasteiger partial charge is 0.335 e. The fourth-order valence-corrected chi connectivity index (χ4v) is 3.28. The molecule has 1 aromatic heterocycles. The van der Waals surface area contributed by atoms with Gasteiger partial charge in [-0.3, -0.25) is 4.90 Å². The van der Waals surface area contributed by atoms with E-state index in [4.69, 9.17) is 14.4 Å². The maximum absolute atomic E-state index is 11.0. The van der Waals surface area contributed by atoms with Gasteiger partial charge >= 0.3 is 5.97 Å². The molecule has 2 aliphatic rings. The van der Waals surface area contributed by atoms with Gasteiger partial charge in [0.2, 0.25) is 5.89 Å². The summed E-state index contributed by atoms with van der Waals surface area (Å²) >= 11 is 0. The van der Waals surface area contributed by atoms with Crippen molar-refractivity contribution in [2.24, 2.45) is 0 Å². The largest absolute Gasteiger partial charge is 0.478 e. The van der Waals surface area contributed by atoms with Crippen molar-refractivity contribution in [1.82, 2.24) is 15.0 Å². The molecule has 0 bridgehead atoms. The molecule has 2 atom stereocenters. The van der Waals surface area contributed by atoms with E-state index in [1.54, 1.807) is 12.1 Å². The maximum atomic E-state index is 11.0. The van der Waals surface area contributed by atoms with Gasteiger partial charge in [-0.1, -0.05) is 17.3 Å². The molecular weight excluding hydrogens is 322 g/mol. The molecule has 0 spiro atoms. The molecule has 132 valence electrons. The standard InChI is InChI=1S/C18H21N3O4/c1-11-15(17-19-16(20-25-17)13-6-7-13)21(8-9-24-11)10-12-2-4-14(5-3-12)18(22)23/h2-5,11,13,15H,6-10H2,1H3,(H,22,23)/t11-,15+/m1/s1. The Labute approximate surface area is 145 Å². The number of ether oxygens (including phenoxy) is 1. The zero-order valence-corrected chi connectivity index (χ0v) is 14.1. The molecule has 4 rings (SSSR count). The van der Waals surface area contributed by atoms with Crippen LogP contribution in [0.15, 0.2) is 28.8 Å². The Morgan fingerprint density at radius 3 is 2.76 bits per heavy atom. The normalized spacial score (nSPS) is 24.4. The third-order valence-electron chi connectivity index (χ3n) is 4.84. The summed E-state index contributed by atoms with van der Waals surface area (Å²) in [6.07, 6.45) is 2.23. The predicted molar refractivity (Wildman–Crippen MR) is 88.2 cm³/mol. The summed E-state index contributed by atoms with van der Waals surface area (Å²) < 4.78 is 11.3. The first kappa shape index (κ1) is 16.2. The van der Waals surface area contributed by atoms with E-state index in [0.717, 1.165) is 30.8 Å². The van der Waals surface area contributed by atoms with Crippen molar-refractivity contribution in [2.45, 2.75) is 44.4 Å². The number of carboxylic acid groups (broad SMARTS) is 1. The van der Waals surface area contributed by atoms with Crippen LogP contribution < -0.4 is 0 Å². The first-order chi connectivity index (χ1) is 12.1. The van der Waals surface area contributed by atoms with E-state index in [0.29, 0.717) is 30.5 Å². The van der Waals surface area contributed by atoms with Crippen molar-refractivity contribution >= 4 is 5.97 Å². The van der Waals surface area contributed by atoms with Crippen LogP contribution in [0.3, 0.4) is 0 Å². The Morgan fingerprint density at radius 2 is 2.08 bits per heavy atom. The lowest BCUT2D eigenvalue weighted by molar-refractivity contribution is -0.0763. The van der Waals surface area contributed by atoms with Crippen molar-refractivity contribution < 1.29 is 19.2 Å². The lowest BCUT2D eigenvalue weighted by atomic mass is 10.1. The Bertz CT molecular complexity index is 754. The summed E-state index contributed by atoms with van der Waals surface area (Å²) in [6, 6.07) is 6.88. The van der Waals surface area contributed by atoms with Crippen LogP contribution in [-0.4, -0.2) is 45.4 Å². The van der Waals surface area contributed by atoms with Crippen LogP contribution >= 0.6 is 0 Å². The van der Waals surface area contributed by atoms with Crippen molar-refractivity contribution in [3.63, 3.8) is 0 Å². The van der Waals surface area contributed by atoms with Crippen LogP contribution in [0.2, 0.25) is 0 Å². The molecule has 1 saturated carbocycles. The number of hydrogen-bond donors (Lipinski definition) is 1. The summed E-state index contributed by atoms with van der Waals surface area (Å²) in [6.45, 7) is 4.11. The topological polar surface area (TPSA) is 88.7 Å². The summed E-state index contributed by atoms with van der Waals surface area (Å²) in [4.78, 5) is 17.8. The quantitative estimate of drug-likeness (QED) is 0.892. The molecular formula is C18H21N3O4. The third kappa shape index (κ3) is 3.43. The van der Waals surface area contributed by atoms with Crippen LogP contribution in [0.1, 0.15) is 59.4 Å². The monoisotopic (exact) mass is 343 g/mol. The number of carbonyl (C=O) groups is 1. The van der Waals surface area contributed by atoms with Gasteiger partial charge in [0.1, 0.15) is 6.04 Å². The molecule has 0 radical (unpaired) electrons. The lowest BCUT2D eigenvalue weighted by Crippen LogP contribution is -2.43. The SMILES string of the molecule is C[C@H]1OCCN(Cc2ccc(C(=O)O)cc2)[C@@H]1c1nc(C2CC2)no1. The van der Waals surface area contributed by atoms with E-state index in [1.807, 2.05) is 19.1 Å². The summed E-state index contributed by atoms with van der Waals surface area (Å²) in [5.74, 6) is 0.951. The summed E-state index contributed by atoms with van der Waals surface area (Å²) in [5.41, 5.74) is 1.34. The molecule has 2 aromatic rings. The molecule has 1 aliphatic carbocycles. The van der Waals surface area contributed by atoms with E-state index in [2.05, 4.69) is 15.0 Å².